The normalized spacial score (nSPS) is 25.7. The highest BCUT2D eigenvalue weighted by atomic mass is 35.5. The lowest BCUT2D eigenvalue weighted by molar-refractivity contribution is -0.0566. The number of halogens is 3. The van der Waals surface area contributed by atoms with Gasteiger partial charge in [0.2, 0.25) is 0 Å². The van der Waals surface area contributed by atoms with E-state index in [4.69, 9.17) is 16.3 Å². The monoisotopic (exact) mass is 540 g/mol. The minimum atomic E-state index is -1.38. The van der Waals surface area contributed by atoms with Crippen LogP contribution in [-0.2, 0) is 12.0 Å². The summed E-state index contributed by atoms with van der Waals surface area (Å²) in [6, 6.07) is 11.4. The molecule has 6 rings (SSSR count). The van der Waals surface area contributed by atoms with Crippen LogP contribution >= 0.6 is 11.6 Å². The van der Waals surface area contributed by atoms with Crippen molar-refractivity contribution in [3.8, 4) is 16.9 Å². The number of benzene rings is 3. The molecule has 1 saturated heterocycles. The molecule has 198 valence electrons. The fourth-order valence-corrected chi connectivity index (χ4v) is 6.63. The SMILES string of the molecule is CNC(=O)c1cc2c(c(F)c1-c1c(Cl)c(F)cc3c1[C@H](O)[C@](c1ccccc1)([C@@H]1CCCN1)O3)[C@H](O)CC2. The average molecular weight is 541 g/mol. The topological polar surface area (TPSA) is 90.8 Å². The maximum atomic E-state index is 16.3. The summed E-state index contributed by atoms with van der Waals surface area (Å²) >= 11 is 6.54. The molecule has 3 aromatic rings. The molecule has 0 bridgehead atoms. The third-order valence-corrected chi connectivity index (χ3v) is 8.48. The Morgan fingerprint density at radius 1 is 1.13 bits per heavy atom. The minimum Gasteiger partial charge on any atom is -0.477 e. The molecule has 0 aromatic heterocycles. The second-order valence-electron chi connectivity index (χ2n) is 10.1. The maximum Gasteiger partial charge on any atom is 0.251 e. The van der Waals surface area contributed by atoms with Crippen LogP contribution in [0.1, 0.15) is 64.1 Å². The molecular formula is C29H27ClF2N2O4. The number of fused-ring (bicyclic) bond motifs is 2. The smallest absolute Gasteiger partial charge is 0.251 e. The second-order valence-corrected chi connectivity index (χ2v) is 10.5. The maximum absolute atomic E-state index is 16.3. The molecule has 0 radical (unpaired) electrons. The number of aliphatic hydroxyl groups is 2. The van der Waals surface area contributed by atoms with Crippen molar-refractivity contribution in [1.29, 1.82) is 0 Å². The Hall–Kier alpha value is -3.04. The van der Waals surface area contributed by atoms with Crippen molar-refractivity contribution < 1.29 is 28.5 Å². The van der Waals surface area contributed by atoms with Gasteiger partial charge in [0, 0.05) is 35.4 Å². The van der Waals surface area contributed by atoms with Crippen LogP contribution < -0.4 is 15.4 Å². The van der Waals surface area contributed by atoms with Gasteiger partial charge in [-0.05, 0) is 49.4 Å². The molecule has 1 amide bonds. The lowest BCUT2D eigenvalue weighted by atomic mass is 9.77. The van der Waals surface area contributed by atoms with Crippen LogP contribution in [0.2, 0.25) is 5.02 Å². The first-order chi connectivity index (χ1) is 18.3. The highest BCUT2D eigenvalue weighted by Crippen LogP contribution is 2.58. The van der Waals surface area contributed by atoms with Crippen LogP contribution in [0, 0.1) is 11.6 Å². The number of hydrogen-bond donors (Lipinski definition) is 4. The molecule has 3 aromatic carbocycles. The third-order valence-electron chi connectivity index (χ3n) is 8.12. The fourth-order valence-electron chi connectivity index (χ4n) is 6.38. The highest BCUT2D eigenvalue weighted by molar-refractivity contribution is 6.34. The van der Waals surface area contributed by atoms with E-state index in [0.29, 0.717) is 36.9 Å². The standard InChI is InChI=1S/C29H27ClF2N2O4/c1-33-28(37)16-12-14-9-10-18(35)21(14)26(32)22(16)24-23-19(13-17(31)25(24)30)38-29(27(23)36,20-8-5-11-34-20)15-6-3-2-4-7-15/h2-4,6-7,12-13,18,20,27,34-36H,5,8-11H2,1H3,(H,33,37)/t18-,20+,27+,29+/m1/s1. The van der Waals surface area contributed by atoms with Gasteiger partial charge in [-0.2, -0.15) is 0 Å². The van der Waals surface area contributed by atoms with Gasteiger partial charge in [0.1, 0.15) is 23.5 Å². The predicted octanol–water partition coefficient (Wildman–Crippen LogP) is 4.70. The van der Waals surface area contributed by atoms with Crippen molar-refractivity contribution in [2.45, 2.75) is 49.5 Å². The lowest BCUT2D eigenvalue weighted by Crippen LogP contribution is -2.51. The van der Waals surface area contributed by atoms with Gasteiger partial charge in [0.15, 0.2) is 5.60 Å². The number of carbonyl (C=O) groups is 1. The number of aryl methyl sites for hydroxylation is 1. The first kappa shape index (κ1) is 25.2. The van der Waals surface area contributed by atoms with Crippen LogP contribution in [0.5, 0.6) is 5.75 Å². The van der Waals surface area contributed by atoms with E-state index < -0.39 is 40.4 Å². The number of amides is 1. The van der Waals surface area contributed by atoms with Crippen molar-refractivity contribution in [2.75, 3.05) is 13.6 Å². The number of aliphatic hydroxyl groups excluding tert-OH is 2. The summed E-state index contributed by atoms with van der Waals surface area (Å²) < 4.78 is 38.2. The molecule has 0 spiro atoms. The van der Waals surface area contributed by atoms with Crippen LogP contribution in [0.15, 0.2) is 42.5 Å². The quantitative estimate of drug-likeness (QED) is 0.385. The largest absolute Gasteiger partial charge is 0.477 e. The van der Waals surface area contributed by atoms with Crippen LogP contribution in [0.4, 0.5) is 8.78 Å². The van der Waals surface area contributed by atoms with Crippen LogP contribution in [0.25, 0.3) is 11.1 Å². The highest BCUT2D eigenvalue weighted by Gasteiger charge is 2.57. The van der Waals surface area contributed by atoms with Crippen molar-refractivity contribution in [1.82, 2.24) is 10.6 Å². The molecule has 1 aliphatic carbocycles. The number of rotatable bonds is 4. The Kier molecular flexibility index (Phi) is 6.18. The summed E-state index contributed by atoms with van der Waals surface area (Å²) in [5.74, 6) is -2.31. The van der Waals surface area contributed by atoms with Crippen LogP contribution in [-0.4, -0.2) is 35.8 Å². The van der Waals surface area contributed by atoms with Gasteiger partial charge in [-0.3, -0.25) is 4.79 Å². The third kappa shape index (κ3) is 3.51. The van der Waals surface area contributed by atoms with Crippen molar-refractivity contribution in [3.63, 3.8) is 0 Å². The van der Waals surface area contributed by atoms with Crippen molar-refractivity contribution in [2.24, 2.45) is 0 Å². The summed E-state index contributed by atoms with van der Waals surface area (Å²) in [7, 11) is 1.41. The first-order valence-corrected chi connectivity index (χ1v) is 13.1. The predicted molar refractivity (Wildman–Crippen MR) is 138 cm³/mol. The molecule has 9 heteroatoms. The molecule has 6 nitrogen and oxygen atoms in total. The number of carbonyl (C=O) groups excluding carboxylic acids is 1. The molecule has 38 heavy (non-hydrogen) atoms. The second kappa shape index (κ2) is 9.31. The lowest BCUT2D eigenvalue weighted by Gasteiger charge is -2.38. The van der Waals surface area contributed by atoms with E-state index in [2.05, 4.69) is 10.6 Å². The molecule has 2 heterocycles. The molecular weight excluding hydrogens is 514 g/mol. The van der Waals surface area contributed by atoms with Crippen LogP contribution in [0.3, 0.4) is 0 Å². The molecule has 4 N–H and O–H groups in total. The molecule has 4 atom stereocenters. The van der Waals surface area contributed by atoms with E-state index in [9.17, 15) is 15.0 Å². The summed E-state index contributed by atoms with van der Waals surface area (Å²) in [6.07, 6.45) is -0.217. The Balaban J connectivity index is 1.65. The Labute approximate surface area is 223 Å². The van der Waals surface area contributed by atoms with Gasteiger partial charge in [-0.1, -0.05) is 41.9 Å². The Morgan fingerprint density at radius 3 is 2.58 bits per heavy atom. The van der Waals surface area contributed by atoms with Gasteiger partial charge >= 0.3 is 0 Å². The molecule has 0 saturated carbocycles. The molecule has 3 aliphatic rings. The van der Waals surface area contributed by atoms with Gasteiger partial charge in [0.05, 0.1) is 22.7 Å². The number of hydrogen-bond acceptors (Lipinski definition) is 5. The van der Waals surface area contributed by atoms with Gasteiger partial charge < -0.3 is 25.6 Å². The van der Waals surface area contributed by atoms with E-state index >= 15 is 8.78 Å². The molecule has 2 aliphatic heterocycles. The van der Waals surface area contributed by atoms with Gasteiger partial charge in [-0.25, -0.2) is 8.78 Å². The summed E-state index contributed by atoms with van der Waals surface area (Å²) in [5, 5.41) is 28.1. The summed E-state index contributed by atoms with van der Waals surface area (Å²) in [5.41, 5.74) is -0.484. The van der Waals surface area contributed by atoms with Crippen molar-refractivity contribution in [3.05, 3.63) is 86.9 Å². The fraction of sp³-hybridized carbons (Fsp3) is 0.345. The van der Waals surface area contributed by atoms with E-state index in [1.807, 2.05) is 30.3 Å². The number of nitrogens with one attached hydrogen (secondary N) is 2. The minimum absolute atomic E-state index is 0.0234. The first-order valence-electron chi connectivity index (χ1n) is 12.7. The zero-order valence-corrected chi connectivity index (χ0v) is 21.4. The molecule has 1 fully saturated rings. The zero-order valence-electron chi connectivity index (χ0n) is 20.7. The number of ether oxygens (including phenoxy) is 1. The molecule has 0 unspecified atom stereocenters. The van der Waals surface area contributed by atoms with Gasteiger partial charge in [-0.15, -0.1) is 0 Å². The Bertz CT molecular complexity index is 1440. The zero-order chi connectivity index (χ0) is 26.8. The Morgan fingerprint density at radius 2 is 1.89 bits per heavy atom. The summed E-state index contributed by atoms with van der Waals surface area (Å²) in [4.78, 5) is 13.0. The van der Waals surface area contributed by atoms with E-state index in [1.165, 1.54) is 13.1 Å². The van der Waals surface area contributed by atoms with E-state index in [-0.39, 0.29) is 39.6 Å². The van der Waals surface area contributed by atoms with Crippen molar-refractivity contribution >= 4 is 17.5 Å². The van der Waals surface area contributed by atoms with E-state index in [1.54, 1.807) is 0 Å². The van der Waals surface area contributed by atoms with E-state index in [0.717, 1.165) is 12.5 Å². The summed E-state index contributed by atoms with van der Waals surface area (Å²) in [6.45, 7) is 0.714. The van der Waals surface area contributed by atoms with Gasteiger partial charge in [0.25, 0.3) is 5.91 Å². The average Bonchev–Trinajstić information content (AvgIpc) is 3.65.